The average molecular weight is 399 g/mol. The second-order valence-electron chi connectivity index (χ2n) is 6.96. The van der Waals surface area contributed by atoms with Gasteiger partial charge >= 0.3 is 6.03 Å². The number of carbonyl (C=O) groups is 1. The fraction of sp³-hybridized carbons (Fsp3) is 0.286. The molecule has 1 N–H and O–H groups in total. The summed E-state index contributed by atoms with van der Waals surface area (Å²) < 4.78 is 5.29. The molecule has 0 aliphatic rings. The van der Waals surface area contributed by atoms with Gasteiger partial charge < -0.3 is 14.7 Å². The molecule has 1 heterocycles. The maximum atomic E-state index is 12.6. The summed E-state index contributed by atoms with van der Waals surface area (Å²) in [7, 11) is 1.75. The summed E-state index contributed by atoms with van der Waals surface area (Å²) in [5.74, 6) is 1.34. The summed E-state index contributed by atoms with van der Waals surface area (Å²) in [4.78, 5) is 18.6. The SMILES string of the molecule is CC(C)c1noc(-c2ccc(NC(=O)N(C)C(C)c3cccc(Cl)c3)cc2)n1. The van der Waals surface area contributed by atoms with Gasteiger partial charge in [0.2, 0.25) is 0 Å². The van der Waals surface area contributed by atoms with Crippen LogP contribution >= 0.6 is 11.6 Å². The third-order valence-electron chi connectivity index (χ3n) is 4.57. The molecule has 1 unspecified atom stereocenters. The summed E-state index contributed by atoms with van der Waals surface area (Å²) in [5, 5.41) is 7.51. The van der Waals surface area contributed by atoms with E-state index in [0.29, 0.717) is 22.4 Å². The number of aromatic nitrogens is 2. The van der Waals surface area contributed by atoms with Crippen LogP contribution in [-0.4, -0.2) is 28.1 Å². The Morgan fingerprint density at radius 2 is 1.86 bits per heavy atom. The van der Waals surface area contributed by atoms with Crippen molar-refractivity contribution in [3.63, 3.8) is 0 Å². The lowest BCUT2D eigenvalue weighted by atomic mass is 10.1. The minimum absolute atomic E-state index is 0.120. The Morgan fingerprint density at radius 1 is 1.14 bits per heavy atom. The van der Waals surface area contributed by atoms with Gasteiger partial charge in [-0.05, 0) is 48.9 Å². The van der Waals surface area contributed by atoms with Crippen molar-refractivity contribution in [3.05, 3.63) is 64.9 Å². The second kappa shape index (κ2) is 8.44. The molecule has 0 aliphatic carbocycles. The largest absolute Gasteiger partial charge is 0.334 e. The summed E-state index contributed by atoms with van der Waals surface area (Å²) >= 11 is 6.05. The van der Waals surface area contributed by atoms with Crippen LogP contribution in [0.5, 0.6) is 0 Å². The number of nitrogens with one attached hydrogen (secondary N) is 1. The quantitative estimate of drug-likeness (QED) is 0.595. The minimum atomic E-state index is -0.208. The predicted molar refractivity (Wildman–Crippen MR) is 110 cm³/mol. The van der Waals surface area contributed by atoms with E-state index in [1.165, 1.54) is 0 Å². The molecule has 2 aromatic carbocycles. The van der Waals surface area contributed by atoms with Crippen LogP contribution in [0.15, 0.2) is 53.1 Å². The van der Waals surface area contributed by atoms with Crippen molar-refractivity contribution in [1.29, 1.82) is 0 Å². The normalized spacial score (nSPS) is 12.1. The third kappa shape index (κ3) is 4.51. The molecular formula is C21H23ClN4O2. The minimum Gasteiger partial charge on any atom is -0.334 e. The number of nitrogens with zero attached hydrogens (tertiary/aromatic N) is 3. The number of rotatable bonds is 5. The van der Waals surface area contributed by atoms with Crippen LogP contribution < -0.4 is 5.32 Å². The molecule has 28 heavy (non-hydrogen) atoms. The van der Waals surface area contributed by atoms with Gasteiger partial charge in [0.1, 0.15) is 0 Å². The van der Waals surface area contributed by atoms with E-state index in [4.69, 9.17) is 16.1 Å². The van der Waals surface area contributed by atoms with Crippen molar-refractivity contribution < 1.29 is 9.32 Å². The van der Waals surface area contributed by atoms with Gasteiger partial charge in [0, 0.05) is 29.2 Å². The van der Waals surface area contributed by atoms with Crippen LogP contribution in [-0.2, 0) is 0 Å². The molecule has 0 bridgehead atoms. The number of amides is 2. The topological polar surface area (TPSA) is 71.3 Å². The lowest BCUT2D eigenvalue weighted by molar-refractivity contribution is 0.208. The number of hydrogen-bond acceptors (Lipinski definition) is 4. The van der Waals surface area contributed by atoms with Crippen molar-refractivity contribution in [2.75, 3.05) is 12.4 Å². The number of hydrogen-bond donors (Lipinski definition) is 1. The highest BCUT2D eigenvalue weighted by atomic mass is 35.5. The van der Waals surface area contributed by atoms with Crippen LogP contribution in [0.4, 0.5) is 10.5 Å². The molecule has 0 saturated carbocycles. The maximum Gasteiger partial charge on any atom is 0.322 e. The first-order chi connectivity index (χ1) is 13.3. The number of carbonyl (C=O) groups excluding carboxylic acids is 1. The summed E-state index contributed by atoms with van der Waals surface area (Å²) in [6, 6.07) is 14.5. The van der Waals surface area contributed by atoms with Gasteiger partial charge in [-0.15, -0.1) is 0 Å². The standard InChI is InChI=1S/C21H23ClN4O2/c1-13(2)19-24-20(28-25-19)15-8-10-18(11-9-15)23-21(27)26(4)14(3)16-6-5-7-17(22)12-16/h5-14H,1-4H3,(H,23,27). The zero-order valence-electron chi connectivity index (χ0n) is 16.3. The molecule has 3 rings (SSSR count). The molecular weight excluding hydrogens is 376 g/mol. The molecule has 0 spiro atoms. The lowest BCUT2D eigenvalue weighted by Crippen LogP contribution is -2.33. The first-order valence-corrected chi connectivity index (χ1v) is 9.46. The Labute approximate surface area is 169 Å². The molecule has 3 aromatic rings. The van der Waals surface area contributed by atoms with Gasteiger partial charge in [0.05, 0.1) is 6.04 Å². The van der Waals surface area contributed by atoms with Gasteiger partial charge in [-0.3, -0.25) is 0 Å². The number of urea groups is 1. The highest BCUT2D eigenvalue weighted by Crippen LogP contribution is 2.24. The van der Waals surface area contributed by atoms with Gasteiger partial charge in [0.15, 0.2) is 5.82 Å². The molecule has 7 heteroatoms. The van der Waals surface area contributed by atoms with Crippen molar-refractivity contribution >= 4 is 23.3 Å². The molecule has 0 saturated heterocycles. The zero-order chi connectivity index (χ0) is 20.3. The van der Waals surface area contributed by atoms with Gasteiger partial charge in [-0.25, -0.2) is 4.79 Å². The van der Waals surface area contributed by atoms with E-state index in [1.807, 2.05) is 69.3 Å². The van der Waals surface area contributed by atoms with Crippen LogP contribution in [0.3, 0.4) is 0 Å². The third-order valence-corrected chi connectivity index (χ3v) is 4.81. The molecule has 0 radical (unpaired) electrons. The van der Waals surface area contributed by atoms with Crippen molar-refractivity contribution in [2.24, 2.45) is 0 Å². The smallest absolute Gasteiger partial charge is 0.322 e. The average Bonchev–Trinajstić information content (AvgIpc) is 3.18. The number of benzene rings is 2. The Kier molecular flexibility index (Phi) is 5.99. The van der Waals surface area contributed by atoms with Gasteiger partial charge in [-0.1, -0.05) is 42.7 Å². The van der Waals surface area contributed by atoms with Crippen LogP contribution in [0.1, 0.15) is 44.1 Å². The Morgan fingerprint density at radius 3 is 2.46 bits per heavy atom. The van der Waals surface area contributed by atoms with E-state index in [1.54, 1.807) is 11.9 Å². The fourth-order valence-electron chi connectivity index (χ4n) is 2.66. The molecule has 1 aromatic heterocycles. The van der Waals surface area contributed by atoms with Crippen molar-refractivity contribution in [2.45, 2.75) is 32.7 Å². The van der Waals surface area contributed by atoms with Gasteiger partial charge in [0.25, 0.3) is 5.89 Å². The first kappa shape index (κ1) is 19.9. The highest BCUT2D eigenvalue weighted by molar-refractivity contribution is 6.30. The van der Waals surface area contributed by atoms with E-state index < -0.39 is 0 Å². The molecule has 1 atom stereocenters. The van der Waals surface area contributed by atoms with E-state index in [0.717, 1.165) is 11.1 Å². The van der Waals surface area contributed by atoms with Crippen LogP contribution in [0.25, 0.3) is 11.5 Å². The van der Waals surface area contributed by atoms with Crippen LogP contribution in [0.2, 0.25) is 5.02 Å². The van der Waals surface area contributed by atoms with E-state index in [-0.39, 0.29) is 18.0 Å². The monoisotopic (exact) mass is 398 g/mol. The van der Waals surface area contributed by atoms with Crippen LogP contribution in [0, 0.1) is 0 Å². The van der Waals surface area contributed by atoms with E-state index in [9.17, 15) is 4.79 Å². The number of halogens is 1. The first-order valence-electron chi connectivity index (χ1n) is 9.08. The summed E-state index contributed by atoms with van der Waals surface area (Å²) in [6.07, 6.45) is 0. The number of anilines is 1. The fourth-order valence-corrected chi connectivity index (χ4v) is 2.86. The predicted octanol–water partition coefficient (Wildman–Crippen LogP) is 5.74. The summed E-state index contributed by atoms with van der Waals surface area (Å²) in [6.45, 7) is 5.97. The van der Waals surface area contributed by atoms with E-state index in [2.05, 4.69) is 15.5 Å². The van der Waals surface area contributed by atoms with Crippen molar-refractivity contribution in [1.82, 2.24) is 15.0 Å². The van der Waals surface area contributed by atoms with Crippen molar-refractivity contribution in [3.8, 4) is 11.5 Å². The lowest BCUT2D eigenvalue weighted by Gasteiger charge is -2.25. The zero-order valence-corrected chi connectivity index (χ0v) is 17.1. The molecule has 0 aliphatic heterocycles. The van der Waals surface area contributed by atoms with E-state index >= 15 is 0 Å². The Hall–Kier alpha value is -2.86. The maximum absolute atomic E-state index is 12.6. The second-order valence-corrected chi connectivity index (χ2v) is 7.40. The van der Waals surface area contributed by atoms with Gasteiger partial charge in [-0.2, -0.15) is 4.98 Å². The molecule has 2 amide bonds. The summed E-state index contributed by atoms with van der Waals surface area (Å²) in [5.41, 5.74) is 2.46. The molecule has 6 nitrogen and oxygen atoms in total. The Balaban J connectivity index is 1.66. The Bertz CT molecular complexity index is 953. The highest BCUT2D eigenvalue weighted by Gasteiger charge is 2.18. The molecule has 0 fully saturated rings. The molecule has 146 valence electrons.